The van der Waals surface area contributed by atoms with Crippen LogP contribution in [0.3, 0.4) is 0 Å². The van der Waals surface area contributed by atoms with Crippen LogP contribution < -0.4 is 11.4 Å². The van der Waals surface area contributed by atoms with E-state index in [-0.39, 0.29) is 12.0 Å². The van der Waals surface area contributed by atoms with Crippen LogP contribution in [0, 0.1) is 6.92 Å². The average molecular weight is 379 g/mol. The monoisotopic (exact) mass is 379 g/mol. The zero-order chi connectivity index (χ0) is 20.3. The van der Waals surface area contributed by atoms with Gasteiger partial charge in [0.15, 0.2) is 0 Å². The van der Waals surface area contributed by atoms with Crippen LogP contribution in [-0.2, 0) is 16.0 Å². The molecule has 0 spiro atoms. The van der Waals surface area contributed by atoms with Gasteiger partial charge >= 0.3 is 5.63 Å². The summed E-state index contributed by atoms with van der Waals surface area (Å²) in [4.78, 5) is 35.7. The summed E-state index contributed by atoms with van der Waals surface area (Å²) in [5.41, 5.74) is 6.33. The quantitative estimate of drug-likeness (QED) is 0.262. The zero-order valence-electron chi connectivity index (χ0n) is 14.5. The topological polar surface area (TPSA) is 171 Å². The van der Waals surface area contributed by atoms with Crippen molar-refractivity contribution in [2.45, 2.75) is 37.7 Å². The minimum Gasteiger partial charge on any atom is -0.423 e. The van der Waals surface area contributed by atoms with E-state index in [1.54, 1.807) is 19.1 Å². The second kappa shape index (κ2) is 8.51. The fourth-order valence-corrected chi connectivity index (χ4v) is 2.64. The molecule has 2 rings (SSSR count). The summed E-state index contributed by atoms with van der Waals surface area (Å²) in [5, 5.41) is 38.2. The summed E-state index contributed by atoms with van der Waals surface area (Å²) in [6, 6.07) is 4.27. The first kappa shape index (κ1) is 20.9. The van der Waals surface area contributed by atoms with Crippen LogP contribution in [0.5, 0.6) is 0 Å². The highest BCUT2D eigenvalue weighted by molar-refractivity contribution is 6.39. The van der Waals surface area contributed by atoms with Crippen molar-refractivity contribution in [1.82, 2.24) is 0 Å². The standard InChI is InChI=1S/C18H21NO8/c1-8-4-14(23)27-13-6-9(2-3-10(8)13)5-11(21)16(24)15(19)18(26)17(25)12(22)7-20/h2-4,6,12,15,17-18,20,22,25-26H,5,7,19H2,1H3/t12-,15+,17-,18-/m1/s1. The molecule has 0 aliphatic carbocycles. The van der Waals surface area contributed by atoms with E-state index in [1.807, 2.05) is 0 Å². The van der Waals surface area contributed by atoms with Gasteiger partial charge in [-0.2, -0.15) is 0 Å². The van der Waals surface area contributed by atoms with Gasteiger partial charge in [0.25, 0.3) is 0 Å². The lowest BCUT2D eigenvalue weighted by molar-refractivity contribution is -0.141. The molecule has 0 fully saturated rings. The second-order valence-electron chi connectivity index (χ2n) is 6.30. The van der Waals surface area contributed by atoms with E-state index in [0.717, 1.165) is 0 Å². The number of carbonyl (C=O) groups is 2. The minimum atomic E-state index is -1.93. The molecule has 0 saturated carbocycles. The molecule has 0 aliphatic heterocycles. The number of benzene rings is 1. The average Bonchev–Trinajstić information content (AvgIpc) is 2.64. The molecule has 9 heteroatoms. The van der Waals surface area contributed by atoms with E-state index < -0.39 is 48.2 Å². The highest BCUT2D eigenvalue weighted by Gasteiger charge is 2.35. The summed E-state index contributed by atoms with van der Waals surface area (Å²) in [5.74, 6) is -2.07. The fraction of sp³-hybridized carbons (Fsp3) is 0.389. The van der Waals surface area contributed by atoms with Crippen LogP contribution in [0.2, 0.25) is 0 Å². The molecule has 4 atom stereocenters. The van der Waals surface area contributed by atoms with Crippen molar-refractivity contribution in [3.05, 3.63) is 45.8 Å². The van der Waals surface area contributed by atoms with E-state index in [4.69, 9.17) is 15.3 Å². The van der Waals surface area contributed by atoms with Crippen LogP contribution >= 0.6 is 0 Å². The van der Waals surface area contributed by atoms with E-state index in [0.29, 0.717) is 16.5 Å². The molecule has 27 heavy (non-hydrogen) atoms. The predicted octanol–water partition coefficient (Wildman–Crippen LogP) is -1.82. The van der Waals surface area contributed by atoms with Gasteiger partial charge in [0, 0.05) is 17.9 Å². The number of ketones is 2. The fourth-order valence-electron chi connectivity index (χ4n) is 2.64. The molecule has 0 amide bonds. The third-order valence-corrected chi connectivity index (χ3v) is 4.26. The molecule has 0 unspecified atom stereocenters. The lowest BCUT2D eigenvalue weighted by atomic mass is 9.94. The second-order valence-corrected chi connectivity index (χ2v) is 6.30. The molecule has 2 aromatic rings. The van der Waals surface area contributed by atoms with Gasteiger partial charge in [0.05, 0.1) is 6.61 Å². The summed E-state index contributed by atoms with van der Waals surface area (Å²) >= 11 is 0. The Morgan fingerprint density at radius 3 is 2.44 bits per heavy atom. The van der Waals surface area contributed by atoms with Crippen molar-refractivity contribution in [3.8, 4) is 0 Å². The van der Waals surface area contributed by atoms with Gasteiger partial charge in [0.2, 0.25) is 11.6 Å². The number of fused-ring (bicyclic) bond motifs is 1. The van der Waals surface area contributed by atoms with Crippen molar-refractivity contribution in [2.75, 3.05) is 6.61 Å². The number of aryl methyl sites for hydroxylation is 1. The highest BCUT2D eigenvalue weighted by Crippen LogP contribution is 2.18. The molecule has 0 radical (unpaired) electrons. The summed E-state index contributed by atoms with van der Waals surface area (Å²) in [7, 11) is 0. The van der Waals surface area contributed by atoms with E-state index in [1.165, 1.54) is 12.1 Å². The Labute approximate surface area is 153 Å². The van der Waals surface area contributed by atoms with Crippen molar-refractivity contribution in [2.24, 2.45) is 5.73 Å². The van der Waals surface area contributed by atoms with Gasteiger partial charge in [-0.3, -0.25) is 9.59 Å². The SMILES string of the molecule is Cc1cc(=O)oc2cc(CC(=O)C(=O)[C@H](N)[C@@H](O)[C@H](O)[C@H](O)CO)ccc12. The van der Waals surface area contributed by atoms with Gasteiger partial charge < -0.3 is 30.6 Å². The van der Waals surface area contributed by atoms with Crippen molar-refractivity contribution in [1.29, 1.82) is 0 Å². The Balaban J connectivity index is 2.15. The van der Waals surface area contributed by atoms with Crippen LogP contribution in [0.25, 0.3) is 11.0 Å². The smallest absolute Gasteiger partial charge is 0.336 e. The summed E-state index contributed by atoms with van der Waals surface area (Å²) in [6.45, 7) is 0.884. The highest BCUT2D eigenvalue weighted by atomic mass is 16.4. The molecule has 1 aromatic carbocycles. The van der Waals surface area contributed by atoms with Gasteiger partial charge in [-0.25, -0.2) is 4.79 Å². The third-order valence-electron chi connectivity index (χ3n) is 4.26. The maximum atomic E-state index is 12.2. The number of hydrogen-bond donors (Lipinski definition) is 5. The number of aliphatic hydroxyl groups is 4. The number of nitrogens with two attached hydrogens (primary N) is 1. The molecule has 1 heterocycles. The van der Waals surface area contributed by atoms with Crippen LogP contribution in [0.15, 0.2) is 33.5 Å². The molecule has 0 aliphatic rings. The van der Waals surface area contributed by atoms with Gasteiger partial charge in [-0.15, -0.1) is 0 Å². The molecule has 9 nitrogen and oxygen atoms in total. The first-order valence-corrected chi connectivity index (χ1v) is 8.16. The van der Waals surface area contributed by atoms with Crippen LogP contribution in [0.4, 0.5) is 0 Å². The van der Waals surface area contributed by atoms with E-state index >= 15 is 0 Å². The van der Waals surface area contributed by atoms with Gasteiger partial charge in [-0.1, -0.05) is 12.1 Å². The molecule has 0 saturated heterocycles. The van der Waals surface area contributed by atoms with Gasteiger partial charge in [0.1, 0.15) is 29.9 Å². The number of Topliss-reactive ketones (excluding diaryl/α,β-unsaturated/α-hetero) is 2. The van der Waals surface area contributed by atoms with Crippen molar-refractivity contribution in [3.63, 3.8) is 0 Å². The predicted molar refractivity (Wildman–Crippen MR) is 94.0 cm³/mol. The summed E-state index contributed by atoms with van der Waals surface area (Å²) < 4.78 is 5.08. The third kappa shape index (κ3) is 4.65. The van der Waals surface area contributed by atoms with Gasteiger partial charge in [-0.05, 0) is 24.1 Å². The Hall–Kier alpha value is -2.43. The minimum absolute atomic E-state index is 0.267. The molecule has 6 N–H and O–H groups in total. The molecule has 1 aromatic heterocycles. The Morgan fingerprint density at radius 1 is 1.15 bits per heavy atom. The normalized spacial score (nSPS) is 15.9. The largest absolute Gasteiger partial charge is 0.423 e. The number of aliphatic hydroxyl groups excluding tert-OH is 4. The maximum Gasteiger partial charge on any atom is 0.336 e. The Kier molecular flexibility index (Phi) is 6.58. The zero-order valence-corrected chi connectivity index (χ0v) is 14.5. The van der Waals surface area contributed by atoms with Crippen LogP contribution in [0.1, 0.15) is 11.1 Å². The number of carbonyl (C=O) groups excluding carboxylic acids is 2. The first-order valence-electron chi connectivity index (χ1n) is 8.16. The lowest BCUT2D eigenvalue weighted by Gasteiger charge is -2.25. The molecular weight excluding hydrogens is 358 g/mol. The van der Waals surface area contributed by atoms with Crippen molar-refractivity contribution < 1.29 is 34.4 Å². The van der Waals surface area contributed by atoms with E-state index in [2.05, 4.69) is 0 Å². The number of rotatable bonds is 8. The molecule has 146 valence electrons. The Morgan fingerprint density at radius 2 is 1.81 bits per heavy atom. The molecular formula is C18H21NO8. The van der Waals surface area contributed by atoms with Crippen molar-refractivity contribution >= 4 is 22.5 Å². The van der Waals surface area contributed by atoms with E-state index in [9.17, 15) is 29.7 Å². The maximum absolute atomic E-state index is 12.2. The lowest BCUT2D eigenvalue weighted by Crippen LogP contribution is -2.54. The summed E-state index contributed by atoms with van der Waals surface area (Å²) in [6.07, 6.45) is -5.88. The number of hydrogen-bond acceptors (Lipinski definition) is 9. The first-order chi connectivity index (χ1) is 12.6. The van der Waals surface area contributed by atoms with Crippen LogP contribution in [-0.4, -0.2) is 63.0 Å². The molecule has 0 bridgehead atoms. The Bertz CT molecular complexity index is 906.